The quantitative estimate of drug-likeness (QED) is 0.431. The fourth-order valence-corrected chi connectivity index (χ4v) is 3.79. The van der Waals surface area contributed by atoms with Gasteiger partial charge in [-0.1, -0.05) is 17.8 Å². The van der Waals surface area contributed by atoms with Gasteiger partial charge in [0.25, 0.3) is 5.91 Å². The minimum atomic E-state index is -4.72. The number of anilines is 1. The molecule has 12 heteroatoms. The van der Waals surface area contributed by atoms with Crippen molar-refractivity contribution in [2.45, 2.75) is 15.8 Å². The number of imidazole rings is 1. The number of esters is 1. The summed E-state index contributed by atoms with van der Waals surface area (Å²) in [6.07, 6.45) is 3.55. The molecule has 30 heavy (non-hydrogen) atoms. The second-order valence-electron chi connectivity index (χ2n) is 5.86. The van der Waals surface area contributed by atoms with E-state index in [2.05, 4.69) is 10.3 Å². The summed E-state index contributed by atoms with van der Waals surface area (Å²) in [5.74, 6) is -5.02. The number of hydrogen-bond donors (Lipinski definition) is 1. The van der Waals surface area contributed by atoms with Crippen LogP contribution in [0, 0.1) is 0 Å². The molecule has 2 heterocycles. The van der Waals surface area contributed by atoms with Gasteiger partial charge >= 0.3 is 11.7 Å². The van der Waals surface area contributed by atoms with E-state index in [1.54, 1.807) is 28.8 Å². The molecule has 2 aromatic heterocycles. The first-order valence-corrected chi connectivity index (χ1v) is 11.1. The summed E-state index contributed by atoms with van der Waals surface area (Å²) in [7, 11) is -4.72. The molecule has 158 valence electrons. The predicted octanol–water partition coefficient (Wildman–Crippen LogP) is 2.85. The van der Waals surface area contributed by atoms with E-state index in [0.29, 0.717) is 10.7 Å². The summed E-state index contributed by atoms with van der Waals surface area (Å²) in [5, 5.41) is 2.97. The second-order valence-corrected chi connectivity index (χ2v) is 8.55. The Morgan fingerprint density at radius 3 is 2.53 bits per heavy atom. The molecule has 0 atom stereocenters. The molecule has 0 spiro atoms. The Morgan fingerprint density at radius 1 is 1.20 bits per heavy atom. The van der Waals surface area contributed by atoms with Gasteiger partial charge in [-0.2, -0.15) is 8.78 Å². The summed E-state index contributed by atoms with van der Waals surface area (Å²) in [5.41, 5.74) is 0.749. The Bertz CT molecular complexity index is 1190. The molecule has 3 aromatic rings. The van der Waals surface area contributed by atoms with Gasteiger partial charge in [-0.25, -0.2) is 18.2 Å². The van der Waals surface area contributed by atoms with Gasteiger partial charge in [0.1, 0.15) is 0 Å². The van der Waals surface area contributed by atoms with Crippen molar-refractivity contribution in [3.05, 3.63) is 54.4 Å². The number of fused-ring (bicyclic) bond motifs is 1. The number of amides is 1. The molecule has 3 rings (SSSR count). The number of rotatable bonds is 7. The van der Waals surface area contributed by atoms with Crippen LogP contribution in [0.3, 0.4) is 0 Å². The van der Waals surface area contributed by atoms with E-state index in [0.717, 1.165) is 24.3 Å². The molecule has 0 aliphatic rings. The molecule has 0 radical (unpaired) electrons. The minimum absolute atomic E-state index is 0.0642. The fraction of sp³-hybridized carbons (Fsp3) is 0.167. The van der Waals surface area contributed by atoms with Gasteiger partial charge in [0.15, 0.2) is 17.5 Å². The Hall–Kier alpha value is -2.99. The molecule has 0 aliphatic heterocycles. The molecule has 1 aromatic carbocycles. The van der Waals surface area contributed by atoms with Crippen LogP contribution in [-0.4, -0.2) is 48.3 Å². The van der Waals surface area contributed by atoms with Crippen molar-refractivity contribution in [1.29, 1.82) is 0 Å². The number of aromatic nitrogens is 2. The van der Waals surface area contributed by atoms with E-state index in [1.807, 2.05) is 6.26 Å². The van der Waals surface area contributed by atoms with E-state index in [-0.39, 0.29) is 11.4 Å². The number of nitrogens with zero attached hydrogens (tertiary/aromatic N) is 2. The number of thioether (sulfide) groups is 1. The molecular formula is C18H15F2N3O5S2. The second kappa shape index (κ2) is 8.79. The van der Waals surface area contributed by atoms with Crippen molar-refractivity contribution >= 4 is 44.7 Å². The van der Waals surface area contributed by atoms with Crippen LogP contribution in [0.15, 0.2) is 58.7 Å². The monoisotopic (exact) mass is 455 g/mol. The fourth-order valence-electron chi connectivity index (χ4n) is 2.53. The first-order valence-electron chi connectivity index (χ1n) is 8.34. The molecule has 0 fully saturated rings. The summed E-state index contributed by atoms with van der Waals surface area (Å²) < 4.78 is 54.6. The number of carbonyl (C=O) groups excluding carboxylic acids is 2. The van der Waals surface area contributed by atoms with Crippen molar-refractivity contribution in [2.75, 3.05) is 18.2 Å². The predicted molar refractivity (Wildman–Crippen MR) is 106 cm³/mol. The first-order chi connectivity index (χ1) is 14.2. The topological polar surface area (TPSA) is 107 Å². The standard InChI is InChI=1S/C18H15F2N3O5S2/c1-29-18-22-15(13-4-2-3-9-23(13)18)16(25)28-10-14(24)21-11-5-7-12(8-6-11)30(26,27)17(19)20/h2-9,17H,10H2,1H3,(H,21,24). The van der Waals surface area contributed by atoms with Crippen molar-refractivity contribution in [3.8, 4) is 0 Å². The van der Waals surface area contributed by atoms with Crippen molar-refractivity contribution in [3.63, 3.8) is 0 Å². The molecule has 1 N–H and O–H groups in total. The van der Waals surface area contributed by atoms with Gasteiger partial charge in [-0.05, 0) is 42.7 Å². The van der Waals surface area contributed by atoms with Crippen LogP contribution >= 0.6 is 11.8 Å². The van der Waals surface area contributed by atoms with Crippen LogP contribution in [0.5, 0.6) is 0 Å². The highest BCUT2D eigenvalue weighted by molar-refractivity contribution is 7.98. The molecule has 0 bridgehead atoms. The number of sulfone groups is 1. The van der Waals surface area contributed by atoms with Crippen LogP contribution in [0.2, 0.25) is 0 Å². The number of pyridine rings is 1. The number of nitrogens with one attached hydrogen (secondary N) is 1. The Labute approximate surface area is 174 Å². The molecule has 8 nitrogen and oxygen atoms in total. The zero-order chi connectivity index (χ0) is 21.9. The normalized spacial score (nSPS) is 11.6. The van der Waals surface area contributed by atoms with Gasteiger partial charge < -0.3 is 10.1 Å². The Morgan fingerprint density at radius 2 is 1.90 bits per heavy atom. The van der Waals surface area contributed by atoms with Crippen LogP contribution < -0.4 is 5.32 Å². The maximum absolute atomic E-state index is 12.5. The largest absolute Gasteiger partial charge is 0.451 e. The van der Waals surface area contributed by atoms with Gasteiger partial charge in [0, 0.05) is 11.9 Å². The lowest BCUT2D eigenvalue weighted by Crippen LogP contribution is -2.21. The number of halogens is 2. The maximum Gasteiger partial charge on any atom is 0.359 e. The zero-order valence-electron chi connectivity index (χ0n) is 15.4. The molecule has 1 amide bonds. The minimum Gasteiger partial charge on any atom is -0.451 e. The van der Waals surface area contributed by atoms with Gasteiger partial charge in [-0.15, -0.1) is 0 Å². The number of hydrogen-bond acceptors (Lipinski definition) is 7. The first kappa shape index (κ1) is 21.7. The summed E-state index contributed by atoms with van der Waals surface area (Å²) in [6.45, 7) is -0.615. The Kier molecular flexibility index (Phi) is 6.37. The molecule has 0 unspecified atom stereocenters. The number of alkyl halides is 2. The lowest BCUT2D eigenvalue weighted by molar-refractivity contribution is -0.119. The van der Waals surface area contributed by atoms with Crippen LogP contribution in [0.1, 0.15) is 10.5 Å². The highest BCUT2D eigenvalue weighted by Crippen LogP contribution is 2.21. The third-order valence-electron chi connectivity index (χ3n) is 3.93. The lowest BCUT2D eigenvalue weighted by atomic mass is 10.3. The van der Waals surface area contributed by atoms with E-state index in [4.69, 9.17) is 4.74 Å². The lowest BCUT2D eigenvalue weighted by Gasteiger charge is -2.07. The molecule has 0 saturated carbocycles. The van der Waals surface area contributed by atoms with E-state index < -0.39 is 39.0 Å². The number of benzene rings is 1. The van der Waals surface area contributed by atoms with E-state index in [9.17, 15) is 26.8 Å². The summed E-state index contributed by atoms with van der Waals surface area (Å²) >= 11 is 1.34. The van der Waals surface area contributed by atoms with Crippen molar-refractivity contribution < 1.29 is 31.5 Å². The van der Waals surface area contributed by atoms with Crippen LogP contribution in [-0.2, 0) is 19.4 Å². The van der Waals surface area contributed by atoms with Gasteiger partial charge in [-0.3, -0.25) is 9.20 Å². The molecule has 0 aliphatic carbocycles. The average molecular weight is 455 g/mol. The molecule has 0 saturated heterocycles. The summed E-state index contributed by atoms with van der Waals surface area (Å²) in [6, 6.07) is 9.43. The van der Waals surface area contributed by atoms with Gasteiger partial charge in [0.05, 0.1) is 10.4 Å². The van der Waals surface area contributed by atoms with Crippen molar-refractivity contribution in [2.24, 2.45) is 0 Å². The van der Waals surface area contributed by atoms with E-state index >= 15 is 0 Å². The van der Waals surface area contributed by atoms with Crippen LogP contribution in [0.25, 0.3) is 5.52 Å². The maximum atomic E-state index is 12.5. The number of ether oxygens (including phenoxy) is 1. The third kappa shape index (κ3) is 4.44. The smallest absolute Gasteiger partial charge is 0.359 e. The van der Waals surface area contributed by atoms with E-state index in [1.165, 1.54) is 11.8 Å². The van der Waals surface area contributed by atoms with Crippen LogP contribution in [0.4, 0.5) is 14.5 Å². The summed E-state index contributed by atoms with van der Waals surface area (Å²) in [4.78, 5) is 28.0. The molecular weight excluding hydrogens is 440 g/mol. The highest BCUT2D eigenvalue weighted by atomic mass is 32.2. The van der Waals surface area contributed by atoms with Gasteiger partial charge in [0.2, 0.25) is 9.84 Å². The zero-order valence-corrected chi connectivity index (χ0v) is 17.0. The Balaban J connectivity index is 1.63. The third-order valence-corrected chi connectivity index (χ3v) is 5.98. The SMILES string of the molecule is CSc1nc(C(=O)OCC(=O)Nc2ccc(S(=O)(=O)C(F)F)cc2)c2ccccn12. The highest BCUT2D eigenvalue weighted by Gasteiger charge is 2.26. The van der Waals surface area contributed by atoms with Crippen molar-refractivity contribution in [1.82, 2.24) is 9.38 Å². The average Bonchev–Trinajstić information content (AvgIpc) is 3.11. The number of carbonyl (C=O) groups is 2.